The van der Waals surface area contributed by atoms with Crippen LogP contribution in [0, 0.1) is 0 Å². The summed E-state index contributed by atoms with van der Waals surface area (Å²) in [7, 11) is 0. The summed E-state index contributed by atoms with van der Waals surface area (Å²) in [6, 6.07) is 17.3. The maximum atomic E-state index is 11.9. The van der Waals surface area contributed by atoms with Crippen molar-refractivity contribution in [3.63, 3.8) is 0 Å². The minimum absolute atomic E-state index is 0.188. The molecule has 154 valence electrons. The summed E-state index contributed by atoms with van der Waals surface area (Å²) in [6.45, 7) is 0. The number of nitrogens with zero attached hydrogens (tertiary/aromatic N) is 3. The number of carbonyl (C=O) groups is 1. The number of benzene rings is 2. The molecule has 30 heavy (non-hydrogen) atoms. The molecule has 2 aromatic carbocycles. The lowest BCUT2D eigenvalue weighted by molar-refractivity contribution is -0.118. The highest BCUT2D eigenvalue weighted by molar-refractivity contribution is 8.03. The van der Waals surface area contributed by atoms with Crippen LogP contribution in [0.2, 0.25) is 5.02 Å². The zero-order chi connectivity index (χ0) is 21.2. The molecule has 0 fully saturated rings. The predicted octanol–water partition coefficient (Wildman–Crippen LogP) is 5.96. The fraction of sp³-hybridized carbons (Fsp3) is 0.100. The number of thioether (sulfide) groups is 2. The summed E-state index contributed by atoms with van der Waals surface area (Å²) in [5.41, 5.74) is 4.57. The molecule has 0 saturated heterocycles. The Kier molecular flexibility index (Phi) is 9.23. The first-order chi connectivity index (χ1) is 14.6. The van der Waals surface area contributed by atoms with Gasteiger partial charge >= 0.3 is 0 Å². The number of hydrazone groups is 1. The first kappa shape index (κ1) is 22.8. The number of nitrogens with one attached hydrogen (secondary N) is 1. The van der Waals surface area contributed by atoms with E-state index in [2.05, 4.69) is 20.7 Å². The van der Waals surface area contributed by atoms with Crippen LogP contribution in [0.3, 0.4) is 0 Å². The van der Waals surface area contributed by atoms with Crippen LogP contribution in [-0.2, 0) is 10.5 Å². The Morgan fingerprint density at radius 1 is 1.07 bits per heavy atom. The van der Waals surface area contributed by atoms with Crippen molar-refractivity contribution < 1.29 is 4.79 Å². The molecule has 0 aliphatic rings. The van der Waals surface area contributed by atoms with Crippen LogP contribution in [0.25, 0.3) is 6.08 Å². The molecule has 3 aromatic rings. The molecule has 0 aliphatic heterocycles. The van der Waals surface area contributed by atoms with Gasteiger partial charge in [0.15, 0.2) is 8.68 Å². The normalized spacial score (nSPS) is 11.7. The van der Waals surface area contributed by atoms with Gasteiger partial charge in [0.1, 0.15) is 0 Å². The number of carbonyl (C=O) groups excluding carboxylic acids is 1. The first-order valence-electron chi connectivity index (χ1n) is 8.66. The van der Waals surface area contributed by atoms with E-state index in [1.165, 1.54) is 29.3 Å². The maximum absolute atomic E-state index is 11.9. The van der Waals surface area contributed by atoms with Crippen LogP contribution in [-0.4, -0.2) is 28.1 Å². The second-order valence-electron chi connectivity index (χ2n) is 5.77. The molecule has 3 rings (SSSR count). The van der Waals surface area contributed by atoms with Gasteiger partial charge in [-0.1, -0.05) is 101 Å². The average Bonchev–Trinajstić information content (AvgIpc) is 3.20. The molecule has 10 heteroatoms. The molecule has 1 amide bonds. The van der Waals surface area contributed by atoms with E-state index in [1.807, 2.05) is 54.6 Å². The molecule has 0 radical (unpaired) electrons. The van der Waals surface area contributed by atoms with Crippen molar-refractivity contribution >= 4 is 76.3 Å². The summed E-state index contributed by atoms with van der Waals surface area (Å²) in [6.07, 6.45) is 3.16. The van der Waals surface area contributed by atoms with Crippen molar-refractivity contribution in [2.45, 2.75) is 14.4 Å². The van der Waals surface area contributed by atoms with Gasteiger partial charge in [0.25, 0.3) is 5.91 Å². The number of allylic oxidation sites excluding steroid dienone is 1. The molecule has 0 aliphatic carbocycles. The molecule has 0 saturated carbocycles. The van der Waals surface area contributed by atoms with Crippen LogP contribution in [0.1, 0.15) is 11.1 Å². The first-order valence-corrected chi connectivity index (χ1v) is 12.2. The van der Waals surface area contributed by atoms with Gasteiger partial charge in [-0.3, -0.25) is 4.79 Å². The Morgan fingerprint density at radius 3 is 2.50 bits per heavy atom. The molecule has 1 heterocycles. The van der Waals surface area contributed by atoms with E-state index in [-0.39, 0.29) is 11.7 Å². The van der Waals surface area contributed by atoms with Crippen LogP contribution < -0.4 is 5.43 Å². The lowest BCUT2D eigenvalue weighted by Crippen LogP contribution is -2.19. The minimum atomic E-state index is -0.244. The van der Waals surface area contributed by atoms with E-state index in [0.717, 1.165) is 30.6 Å². The Labute approximate surface area is 197 Å². The Balaban J connectivity index is 1.39. The molecule has 0 spiro atoms. The van der Waals surface area contributed by atoms with Gasteiger partial charge in [-0.25, -0.2) is 5.43 Å². The highest BCUT2D eigenvalue weighted by Crippen LogP contribution is 2.30. The topological polar surface area (TPSA) is 67.2 Å². The fourth-order valence-corrected chi connectivity index (χ4v) is 5.18. The van der Waals surface area contributed by atoms with Crippen LogP contribution >= 0.6 is 58.1 Å². The molecular weight excluding hydrogens is 479 g/mol. The van der Waals surface area contributed by atoms with Gasteiger partial charge in [-0.15, -0.1) is 10.2 Å². The minimum Gasteiger partial charge on any atom is -0.272 e. The van der Waals surface area contributed by atoms with E-state index in [4.69, 9.17) is 23.2 Å². The van der Waals surface area contributed by atoms with E-state index < -0.39 is 0 Å². The maximum Gasteiger partial charge on any atom is 0.250 e. The van der Waals surface area contributed by atoms with E-state index in [9.17, 15) is 4.79 Å². The van der Waals surface area contributed by atoms with Gasteiger partial charge in [0.05, 0.1) is 17.0 Å². The summed E-state index contributed by atoms with van der Waals surface area (Å²) in [5.74, 6) is 0.725. The fourth-order valence-electron chi connectivity index (χ4n) is 2.11. The number of hydrogen-bond acceptors (Lipinski definition) is 7. The quantitative estimate of drug-likeness (QED) is 0.226. The Morgan fingerprint density at radius 2 is 1.77 bits per heavy atom. The molecular formula is C20H16Cl2N4OS3. The zero-order valence-electron chi connectivity index (χ0n) is 15.5. The number of amides is 1. The summed E-state index contributed by atoms with van der Waals surface area (Å²) in [4.78, 5) is 11.9. The van der Waals surface area contributed by atoms with Gasteiger partial charge in [-0.05, 0) is 29.3 Å². The van der Waals surface area contributed by atoms with Crippen LogP contribution in [0.15, 0.2) is 73.4 Å². The highest BCUT2D eigenvalue weighted by Gasteiger charge is 2.08. The molecule has 1 aromatic heterocycles. The van der Waals surface area contributed by atoms with Crippen molar-refractivity contribution in [2.24, 2.45) is 5.10 Å². The number of aromatic nitrogens is 2. The summed E-state index contributed by atoms with van der Waals surface area (Å²) in [5, 5.41) is 13.3. The largest absolute Gasteiger partial charge is 0.272 e. The zero-order valence-corrected chi connectivity index (χ0v) is 19.5. The van der Waals surface area contributed by atoms with Gasteiger partial charge < -0.3 is 0 Å². The average molecular weight is 495 g/mol. The molecule has 5 nitrogen and oxygen atoms in total. The third-order valence-corrected chi connectivity index (χ3v) is 7.19. The van der Waals surface area contributed by atoms with E-state index in [1.54, 1.807) is 17.8 Å². The Bertz CT molecular complexity index is 1020. The third-order valence-electron chi connectivity index (χ3n) is 3.47. The smallest absolute Gasteiger partial charge is 0.250 e. The second-order valence-corrected chi connectivity index (χ2v) is 10.1. The molecule has 0 bridgehead atoms. The van der Waals surface area contributed by atoms with Crippen LogP contribution in [0.4, 0.5) is 0 Å². The molecule has 0 unspecified atom stereocenters. The highest BCUT2D eigenvalue weighted by atomic mass is 35.5. The standard InChI is InChI=1S/C20H16Cl2N4OS3/c21-16-8-6-15(7-9-16)12-28-19-25-26-20(30-19)29-13-18(27)24-23-11-17(22)10-14-4-2-1-3-5-14/h1-11H,12-13H2,(H,24,27)/b17-10-,23-11-. The molecule has 0 atom stereocenters. The lowest BCUT2D eigenvalue weighted by atomic mass is 10.2. The van der Waals surface area contributed by atoms with Crippen molar-refractivity contribution in [3.8, 4) is 0 Å². The second kappa shape index (κ2) is 12.1. The van der Waals surface area contributed by atoms with Crippen molar-refractivity contribution in [1.29, 1.82) is 0 Å². The lowest BCUT2D eigenvalue weighted by Gasteiger charge is -1.98. The number of halogens is 2. The summed E-state index contributed by atoms with van der Waals surface area (Å²) < 4.78 is 1.58. The summed E-state index contributed by atoms with van der Waals surface area (Å²) >= 11 is 16.3. The monoisotopic (exact) mass is 494 g/mol. The van der Waals surface area contributed by atoms with Crippen molar-refractivity contribution in [2.75, 3.05) is 5.75 Å². The molecule has 1 N–H and O–H groups in total. The number of rotatable bonds is 9. The number of hydrogen-bond donors (Lipinski definition) is 1. The Hall–Kier alpha value is -1.84. The third kappa shape index (κ3) is 8.12. The van der Waals surface area contributed by atoms with E-state index in [0.29, 0.717) is 5.03 Å². The van der Waals surface area contributed by atoms with Crippen LogP contribution in [0.5, 0.6) is 0 Å². The predicted molar refractivity (Wildman–Crippen MR) is 129 cm³/mol. The van der Waals surface area contributed by atoms with Gasteiger partial charge in [0, 0.05) is 10.8 Å². The van der Waals surface area contributed by atoms with Crippen molar-refractivity contribution in [3.05, 3.63) is 75.8 Å². The van der Waals surface area contributed by atoms with E-state index >= 15 is 0 Å². The van der Waals surface area contributed by atoms with Gasteiger partial charge in [0.2, 0.25) is 0 Å². The van der Waals surface area contributed by atoms with Crippen molar-refractivity contribution in [1.82, 2.24) is 15.6 Å². The SMILES string of the molecule is O=C(CSc1nnc(SCc2ccc(Cl)cc2)s1)N/N=C\C(Cl)=C\c1ccccc1. The van der Waals surface area contributed by atoms with Gasteiger partial charge in [-0.2, -0.15) is 5.10 Å².